The molecule has 2 atom stereocenters. The van der Waals surface area contributed by atoms with E-state index in [1.807, 2.05) is 29.2 Å². The van der Waals surface area contributed by atoms with Crippen molar-refractivity contribution in [3.8, 4) is 11.8 Å². The SMILES string of the molecule is NCC#Cc1ccc(C(=O)N2CCOC3CCCC32)cc1. The molecule has 0 aromatic heterocycles. The lowest BCUT2D eigenvalue weighted by Crippen LogP contribution is -2.51. The van der Waals surface area contributed by atoms with Crippen LogP contribution in [0.15, 0.2) is 24.3 Å². The van der Waals surface area contributed by atoms with Crippen molar-refractivity contribution in [1.82, 2.24) is 4.90 Å². The van der Waals surface area contributed by atoms with Gasteiger partial charge in [0.2, 0.25) is 0 Å². The average molecular weight is 284 g/mol. The summed E-state index contributed by atoms with van der Waals surface area (Å²) in [6, 6.07) is 7.71. The van der Waals surface area contributed by atoms with Gasteiger partial charge in [0.25, 0.3) is 5.91 Å². The Hall–Kier alpha value is -1.83. The van der Waals surface area contributed by atoms with Gasteiger partial charge in [-0.2, -0.15) is 0 Å². The summed E-state index contributed by atoms with van der Waals surface area (Å²) >= 11 is 0. The Morgan fingerprint density at radius 1 is 1.33 bits per heavy atom. The number of morpholine rings is 1. The van der Waals surface area contributed by atoms with Crippen LogP contribution >= 0.6 is 0 Å². The Kier molecular flexibility index (Phi) is 4.23. The van der Waals surface area contributed by atoms with Gasteiger partial charge < -0.3 is 15.4 Å². The van der Waals surface area contributed by atoms with Crippen LogP contribution in [0.3, 0.4) is 0 Å². The first-order valence-corrected chi connectivity index (χ1v) is 7.51. The van der Waals surface area contributed by atoms with Gasteiger partial charge in [-0.15, -0.1) is 0 Å². The molecule has 0 spiro atoms. The van der Waals surface area contributed by atoms with Gasteiger partial charge in [-0.1, -0.05) is 11.8 Å². The maximum absolute atomic E-state index is 12.7. The van der Waals surface area contributed by atoms with E-state index < -0.39 is 0 Å². The highest BCUT2D eigenvalue weighted by Crippen LogP contribution is 2.30. The monoisotopic (exact) mass is 284 g/mol. The minimum absolute atomic E-state index is 0.105. The third-order valence-electron chi connectivity index (χ3n) is 4.21. The van der Waals surface area contributed by atoms with E-state index in [0.717, 1.165) is 30.4 Å². The molecule has 2 unspecified atom stereocenters. The summed E-state index contributed by atoms with van der Waals surface area (Å²) in [4.78, 5) is 14.7. The molecular formula is C17H20N2O2. The van der Waals surface area contributed by atoms with Crippen LogP contribution in [-0.2, 0) is 4.74 Å². The number of fused-ring (bicyclic) bond motifs is 1. The molecule has 4 nitrogen and oxygen atoms in total. The molecule has 1 heterocycles. The van der Waals surface area contributed by atoms with Crippen LogP contribution in [0.5, 0.6) is 0 Å². The zero-order chi connectivity index (χ0) is 14.7. The molecule has 110 valence electrons. The van der Waals surface area contributed by atoms with Gasteiger partial charge >= 0.3 is 0 Å². The van der Waals surface area contributed by atoms with Crippen LogP contribution in [-0.4, -0.2) is 42.6 Å². The highest BCUT2D eigenvalue weighted by molar-refractivity contribution is 5.94. The molecule has 1 aromatic rings. The summed E-state index contributed by atoms with van der Waals surface area (Å²) in [7, 11) is 0. The third-order valence-corrected chi connectivity index (χ3v) is 4.21. The number of carbonyl (C=O) groups excluding carboxylic acids is 1. The van der Waals surface area contributed by atoms with E-state index >= 15 is 0 Å². The highest BCUT2D eigenvalue weighted by atomic mass is 16.5. The van der Waals surface area contributed by atoms with Crippen molar-refractivity contribution >= 4 is 5.91 Å². The van der Waals surface area contributed by atoms with Gasteiger partial charge in [0.05, 0.1) is 25.3 Å². The number of amides is 1. The van der Waals surface area contributed by atoms with Crippen LogP contribution in [0.2, 0.25) is 0 Å². The zero-order valence-electron chi connectivity index (χ0n) is 12.0. The third kappa shape index (κ3) is 2.94. The summed E-state index contributed by atoms with van der Waals surface area (Å²) in [5, 5.41) is 0. The molecule has 21 heavy (non-hydrogen) atoms. The van der Waals surface area contributed by atoms with Crippen LogP contribution in [0.25, 0.3) is 0 Å². The van der Waals surface area contributed by atoms with E-state index in [-0.39, 0.29) is 18.1 Å². The molecule has 4 heteroatoms. The molecule has 2 aliphatic rings. The summed E-state index contributed by atoms with van der Waals surface area (Å²) in [5.74, 6) is 5.88. The lowest BCUT2D eigenvalue weighted by Gasteiger charge is -2.37. The zero-order valence-corrected chi connectivity index (χ0v) is 12.0. The first kappa shape index (κ1) is 14.1. The van der Waals surface area contributed by atoms with E-state index in [9.17, 15) is 4.79 Å². The van der Waals surface area contributed by atoms with E-state index in [1.165, 1.54) is 0 Å². The molecule has 2 N–H and O–H groups in total. The quantitative estimate of drug-likeness (QED) is 0.793. The Balaban J connectivity index is 1.75. The molecule has 3 rings (SSSR count). The summed E-state index contributed by atoms with van der Waals surface area (Å²) in [6.07, 6.45) is 3.50. The van der Waals surface area contributed by atoms with Crippen molar-refractivity contribution in [1.29, 1.82) is 0 Å². The minimum atomic E-state index is 0.105. The van der Waals surface area contributed by atoms with Crippen LogP contribution in [0, 0.1) is 11.8 Å². The average Bonchev–Trinajstić information content (AvgIpc) is 3.01. The topological polar surface area (TPSA) is 55.6 Å². The number of hydrogen-bond acceptors (Lipinski definition) is 3. The molecule has 0 radical (unpaired) electrons. The van der Waals surface area contributed by atoms with Crippen molar-refractivity contribution in [3.05, 3.63) is 35.4 Å². The van der Waals surface area contributed by atoms with E-state index in [4.69, 9.17) is 10.5 Å². The predicted octanol–water partition coefficient (Wildman–Crippen LogP) is 1.39. The Bertz CT molecular complexity index is 571. The van der Waals surface area contributed by atoms with Gasteiger partial charge in [-0.05, 0) is 43.5 Å². The van der Waals surface area contributed by atoms with Crippen molar-refractivity contribution < 1.29 is 9.53 Å². The van der Waals surface area contributed by atoms with E-state index in [2.05, 4.69) is 11.8 Å². The predicted molar refractivity (Wildman–Crippen MR) is 80.8 cm³/mol. The second-order valence-electron chi connectivity index (χ2n) is 5.49. The molecule has 1 aliphatic heterocycles. The van der Waals surface area contributed by atoms with Crippen molar-refractivity contribution in [2.24, 2.45) is 5.73 Å². The van der Waals surface area contributed by atoms with Crippen molar-refractivity contribution in [3.63, 3.8) is 0 Å². The van der Waals surface area contributed by atoms with Crippen molar-refractivity contribution in [2.45, 2.75) is 31.4 Å². The highest BCUT2D eigenvalue weighted by Gasteiger charge is 2.38. The van der Waals surface area contributed by atoms with E-state index in [0.29, 0.717) is 19.7 Å². The maximum Gasteiger partial charge on any atom is 0.254 e. The smallest absolute Gasteiger partial charge is 0.254 e. The fourth-order valence-electron chi connectivity index (χ4n) is 3.19. The van der Waals surface area contributed by atoms with Gasteiger partial charge in [-0.25, -0.2) is 0 Å². The molecule has 1 saturated heterocycles. The number of carbonyl (C=O) groups is 1. The summed E-state index contributed by atoms with van der Waals surface area (Å²) in [6.45, 7) is 1.68. The molecule has 1 saturated carbocycles. The number of nitrogens with two attached hydrogens (primary N) is 1. The standard InChI is InChI=1S/C17H20N2O2/c18-10-2-3-13-6-8-14(9-7-13)17(20)19-11-12-21-16-5-1-4-15(16)19/h6-9,15-16H,1,4-5,10-12,18H2. The molecular weight excluding hydrogens is 264 g/mol. The minimum Gasteiger partial charge on any atom is -0.374 e. The Morgan fingerprint density at radius 2 is 2.14 bits per heavy atom. The number of benzene rings is 1. The molecule has 1 aliphatic carbocycles. The van der Waals surface area contributed by atoms with Gasteiger partial charge in [0, 0.05) is 17.7 Å². The Labute approximate surface area is 125 Å². The fraction of sp³-hybridized carbons (Fsp3) is 0.471. The largest absolute Gasteiger partial charge is 0.374 e. The maximum atomic E-state index is 12.7. The summed E-state index contributed by atoms with van der Waals surface area (Å²) in [5.41, 5.74) is 6.97. The van der Waals surface area contributed by atoms with Gasteiger partial charge in [-0.3, -0.25) is 4.79 Å². The van der Waals surface area contributed by atoms with Crippen LogP contribution in [0.1, 0.15) is 35.2 Å². The first-order chi connectivity index (χ1) is 10.3. The molecule has 0 bridgehead atoms. The lowest BCUT2D eigenvalue weighted by atomic mass is 10.1. The molecule has 2 fully saturated rings. The first-order valence-electron chi connectivity index (χ1n) is 7.51. The van der Waals surface area contributed by atoms with Gasteiger partial charge in [0.1, 0.15) is 0 Å². The number of ether oxygens (including phenoxy) is 1. The number of rotatable bonds is 1. The fourth-order valence-corrected chi connectivity index (χ4v) is 3.19. The second-order valence-corrected chi connectivity index (χ2v) is 5.49. The lowest BCUT2D eigenvalue weighted by molar-refractivity contribution is -0.0445. The second kappa shape index (κ2) is 6.30. The molecule has 1 aromatic carbocycles. The summed E-state index contributed by atoms with van der Waals surface area (Å²) < 4.78 is 5.76. The Morgan fingerprint density at radius 3 is 2.90 bits per heavy atom. The van der Waals surface area contributed by atoms with Crippen molar-refractivity contribution in [2.75, 3.05) is 19.7 Å². The molecule has 1 amide bonds. The number of hydrogen-bond donors (Lipinski definition) is 1. The van der Waals surface area contributed by atoms with Crippen LogP contribution < -0.4 is 5.73 Å². The van der Waals surface area contributed by atoms with Gasteiger partial charge in [0.15, 0.2) is 0 Å². The van der Waals surface area contributed by atoms with Crippen LogP contribution in [0.4, 0.5) is 0 Å². The normalized spacial score (nSPS) is 24.1. The van der Waals surface area contributed by atoms with E-state index in [1.54, 1.807) is 0 Å². The number of nitrogens with zero attached hydrogens (tertiary/aromatic N) is 1.